The van der Waals surface area contributed by atoms with Crippen molar-refractivity contribution < 1.29 is 14.3 Å². The number of hydrogen-bond acceptors (Lipinski definition) is 6. The largest absolute Gasteiger partial charge is 0.490 e. The Morgan fingerprint density at radius 1 is 1.03 bits per heavy atom. The number of carbonyl (C=O) groups excluding carboxylic acids is 1. The van der Waals surface area contributed by atoms with E-state index in [1.54, 1.807) is 12.1 Å². The number of aromatic amines is 1. The van der Waals surface area contributed by atoms with Gasteiger partial charge >= 0.3 is 5.69 Å². The highest BCUT2D eigenvalue weighted by Crippen LogP contribution is 2.31. The number of benzene rings is 1. The van der Waals surface area contributed by atoms with Crippen LogP contribution in [-0.2, 0) is 11.3 Å². The van der Waals surface area contributed by atoms with E-state index in [9.17, 15) is 14.4 Å². The van der Waals surface area contributed by atoms with Crippen molar-refractivity contribution >= 4 is 16.8 Å². The van der Waals surface area contributed by atoms with Crippen LogP contribution in [0, 0.1) is 11.8 Å². The molecule has 0 saturated heterocycles. The molecule has 0 spiro atoms. The quantitative estimate of drug-likeness (QED) is 0.476. The highest BCUT2D eigenvalue weighted by atomic mass is 16.5. The lowest BCUT2D eigenvalue weighted by Gasteiger charge is -2.28. The maximum Gasteiger partial charge on any atom is 0.328 e. The van der Waals surface area contributed by atoms with Crippen LogP contribution in [0.3, 0.4) is 0 Å². The van der Waals surface area contributed by atoms with Crippen molar-refractivity contribution in [2.45, 2.75) is 59.9 Å². The first-order valence-electron chi connectivity index (χ1n) is 13.0. The second-order valence-corrected chi connectivity index (χ2v) is 9.09. The number of nitrogens with zero attached hydrogens (tertiary/aromatic N) is 2. The van der Waals surface area contributed by atoms with Crippen molar-refractivity contribution in [2.75, 3.05) is 39.4 Å². The number of ether oxygens (including phenoxy) is 2. The molecule has 1 aliphatic carbocycles. The van der Waals surface area contributed by atoms with Crippen LogP contribution in [0.4, 0.5) is 0 Å². The summed E-state index contributed by atoms with van der Waals surface area (Å²) < 4.78 is 12.6. The van der Waals surface area contributed by atoms with Gasteiger partial charge in [0.05, 0.1) is 24.1 Å². The first-order valence-corrected chi connectivity index (χ1v) is 13.0. The van der Waals surface area contributed by atoms with Crippen molar-refractivity contribution in [1.82, 2.24) is 19.8 Å². The Morgan fingerprint density at radius 3 is 2.26 bits per heavy atom. The summed E-state index contributed by atoms with van der Waals surface area (Å²) in [6.07, 6.45) is 3.17. The molecule has 2 aromatic rings. The third-order valence-electron chi connectivity index (χ3n) is 6.93. The molecule has 0 atom stereocenters. The van der Waals surface area contributed by atoms with E-state index in [0.29, 0.717) is 48.7 Å². The number of nitrogens with one attached hydrogen (secondary N) is 2. The SMILES string of the molecule is CCOc1cc2[nH]c(=O)n(CC3CCC(C(=O)NCCN(CC)CC)CC3)c(=O)c2cc1OCC. The van der Waals surface area contributed by atoms with Gasteiger partial charge in [-0.1, -0.05) is 13.8 Å². The van der Waals surface area contributed by atoms with Gasteiger partial charge in [0.2, 0.25) is 5.91 Å². The first-order chi connectivity index (χ1) is 16.9. The molecule has 3 rings (SSSR count). The first kappa shape index (κ1) is 26.8. The van der Waals surface area contributed by atoms with E-state index >= 15 is 0 Å². The van der Waals surface area contributed by atoms with Gasteiger partial charge in [0, 0.05) is 31.6 Å². The van der Waals surface area contributed by atoms with Gasteiger partial charge in [0.1, 0.15) is 0 Å². The number of carbonyl (C=O) groups is 1. The van der Waals surface area contributed by atoms with Gasteiger partial charge < -0.3 is 24.7 Å². The summed E-state index contributed by atoms with van der Waals surface area (Å²) in [6, 6.07) is 3.30. The van der Waals surface area contributed by atoms with Gasteiger partial charge in [-0.3, -0.25) is 14.2 Å². The van der Waals surface area contributed by atoms with Crippen LogP contribution in [0.15, 0.2) is 21.7 Å². The van der Waals surface area contributed by atoms with Crippen molar-refractivity contribution in [2.24, 2.45) is 11.8 Å². The molecule has 1 aromatic heterocycles. The van der Waals surface area contributed by atoms with Crippen molar-refractivity contribution in [3.63, 3.8) is 0 Å². The van der Waals surface area contributed by atoms with E-state index in [1.807, 2.05) is 13.8 Å². The molecular formula is C26H40N4O5. The summed E-state index contributed by atoms with van der Waals surface area (Å²) in [4.78, 5) is 43.7. The Balaban J connectivity index is 1.66. The Bertz CT molecular complexity index is 1100. The molecule has 1 heterocycles. The minimum Gasteiger partial charge on any atom is -0.490 e. The Kier molecular flexibility index (Phi) is 9.77. The van der Waals surface area contributed by atoms with Crippen LogP contribution in [0.2, 0.25) is 0 Å². The Hall–Kier alpha value is -2.81. The van der Waals surface area contributed by atoms with Crippen molar-refractivity contribution in [3.05, 3.63) is 33.0 Å². The molecule has 0 unspecified atom stereocenters. The van der Waals surface area contributed by atoms with Gasteiger partial charge in [0.25, 0.3) is 5.56 Å². The fourth-order valence-corrected chi connectivity index (χ4v) is 4.85. The fraction of sp³-hybridized carbons (Fsp3) is 0.654. The van der Waals surface area contributed by atoms with E-state index in [-0.39, 0.29) is 23.3 Å². The number of rotatable bonds is 12. The van der Waals surface area contributed by atoms with Crippen LogP contribution >= 0.6 is 0 Å². The molecule has 1 aromatic carbocycles. The minimum absolute atomic E-state index is 0.000278. The van der Waals surface area contributed by atoms with E-state index in [1.165, 1.54) is 4.57 Å². The van der Waals surface area contributed by atoms with Crippen LogP contribution in [0.25, 0.3) is 10.9 Å². The van der Waals surface area contributed by atoms with Gasteiger partial charge in [-0.25, -0.2) is 4.79 Å². The predicted molar refractivity (Wildman–Crippen MR) is 137 cm³/mol. The number of aromatic nitrogens is 2. The molecule has 35 heavy (non-hydrogen) atoms. The van der Waals surface area contributed by atoms with E-state index in [4.69, 9.17) is 9.47 Å². The summed E-state index contributed by atoms with van der Waals surface area (Å²) >= 11 is 0. The van der Waals surface area contributed by atoms with Gasteiger partial charge in [-0.05, 0) is 64.6 Å². The molecule has 0 bridgehead atoms. The third kappa shape index (κ3) is 6.66. The van der Waals surface area contributed by atoms with Gasteiger partial charge in [-0.2, -0.15) is 0 Å². The van der Waals surface area contributed by atoms with Crippen LogP contribution in [0.1, 0.15) is 53.4 Å². The average molecular weight is 489 g/mol. The summed E-state index contributed by atoms with van der Waals surface area (Å²) in [5.41, 5.74) is -0.317. The Morgan fingerprint density at radius 2 is 1.66 bits per heavy atom. The van der Waals surface area contributed by atoms with Crippen LogP contribution in [0.5, 0.6) is 11.5 Å². The zero-order valence-electron chi connectivity index (χ0n) is 21.5. The lowest BCUT2D eigenvalue weighted by atomic mass is 9.81. The molecule has 1 fully saturated rings. The molecular weight excluding hydrogens is 448 g/mol. The number of likely N-dealkylation sites (N-methyl/N-ethyl adjacent to an activating group) is 1. The summed E-state index contributed by atoms with van der Waals surface area (Å²) in [6.45, 7) is 12.7. The standard InChI is InChI=1S/C26H40N4O5/c1-5-29(6-2)14-13-27-24(31)19-11-9-18(10-12-19)17-30-25(32)20-15-22(34-7-3)23(35-8-4)16-21(20)28-26(30)33/h15-16,18-19H,5-14,17H2,1-4H3,(H,27,31)(H,28,33). The summed E-state index contributed by atoms with van der Waals surface area (Å²) in [5.74, 6) is 1.29. The molecule has 9 nitrogen and oxygen atoms in total. The molecule has 0 radical (unpaired) electrons. The Labute approximate surface area is 206 Å². The average Bonchev–Trinajstić information content (AvgIpc) is 2.86. The molecule has 1 aliphatic rings. The summed E-state index contributed by atoms with van der Waals surface area (Å²) in [7, 11) is 0. The van der Waals surface area contributed by atoms with Crippen LogP contribution in [-0.4, -0.2) is 59.8 Å². The monoisotopic (exact) mass is 488 g/mol. The minimum atomic E-state index is -0.426. The van der Waals surface area contributed by atoms with E-state index in [2.05, 4.69) is 29.0 Å². The maximum absolute atomic E-state index is 13.2. The van der Waals surface area contributed by atoms with Crippen molar-refractivity contribution in [1.29, 1.82) is 0 Å². The highest BCUT2D eigenvalue weighted by Gasteiger charge is 2.27. The zero-order chi connectivity index (χ0) is 25.4. The van der Waals surface area contributed by atoms with Gasteiger partial charge in [0.15, 0.2) is 11.5 Å². The van der Waals surface area contributed by atoms with Crippen molar-refractivity contribution in [3.8, 4) is 11.5 Å². The number of hydrogen-bond donors (Lipinski definition) is 2. The number of amides is 1. The molecule has 0 aliphatic heterocycles. The molecule has 9 heteroatoms. The molecule has 1 saturated carbocycles. The van der Waals surface area contributed by atoms with E-state index < -0.39 is 5.69 Å². The fourth-order valence-electron chi connectivity index (χ4n) is 4.85. The summed E-state index contributed by atoms with van der Waals surface area (Å²) in [5, 5.41) is 3.47. The number of fused-ring (bicyclic) bond motifs is 1. The van der Waals surface area contributed by atoms with Gasteiger partial charge in [-0.15, -0.1) is 0 Å². The maximum atomic E-state index is 13.2. The zero-order valence-corrected chi connectivity index (χ0v) is 21.5. The second kappa shape index (κ2) is 12.8. The highest BCUT2D eigenvalue weighted by molar-refractivity contribution is 5.81. The normalized spacial score (nSPS) is 18.1. The smallest absolute Gasteiger partial charge is 0.328 e. The lowest BCUT2D eigenvalue weighted by Crippen LogP contribution is -2.40. The van der Waals surface area contributed by atoms with Crippen LogP contribution < -0.4 is 26.0 Å². The molecule has 194 valence electrons. The topological polar surface area (TPSA) is 106 Å². The van der Waals surface area contributed by atoms with E-state index in [0.717, 1.165) is 45.3 Å². The number of H-pyrrole nitrogens is 1. The molecule has 2 N–H and O–H groups in total. The second-order valence-electron chi connectivity index (χ2n) is 9.09. The lowest BCUT2D eigenvalue weighted by molar-refractivity contribution is -0.126. The predicted octanol–water partition coefficient (Wildman–Crippen LogP) is 2.75. The third-order valence-corrected chi connectivity index (χ3v) is 6.93. The molecule has 1 amide bonds.